The standard InChI is InChI=1S/C24H24FN5O2/c25-20-5-1-16(2-6-20)3-8-23(31)29-11-9-18-14-30(15-19(18)10-12-29)24(32)17-4-7-21-22(13-17)27-28-26-21/h1-8,13,18-19H,9-12,14-15H2,(H,26,27,28)/b8-3+/t18-,19+. The van der Waals surface area contributed by atoms with Gasteiger partial charge >= 0.3 is 0 Å². The fraction of sp³-hybridized carbons (Fsp3) is 0.333. The predicted molar refractivity (Wildman–Crippen MR) is 118 cm³/mol. The Morgan fingerprint density at radius 1 is 1.00 bits per heavy atom. The Bertz CT molecular complexity index is 1160. The highest BCUT2D eigenvalue weighted by Gasteiger charge is 2.37. The zero-order valence-electron chi connectivity index (χ0n) is 17.6. The molecule has 1 N–H and O–H groups in total. The average Bonchev–Trinajstić information content (AvgIpc) is 3.40. The molecule has 1 aromatic heterocycles. The number of carbonyl (C=O) groups excluding carboxylic acids is 2. The molecule has 2 fully saturated rings. The van der Waals surface area contributed by atoms with E-state index in [1.165, 1.54) is 12.1 Å². The number of nitrogens with one attached hydrogen (secondary N) is 1. The molecular weight excluding hydrogens is 409 g/mol. The van der Waals surface area contributed by atoms with Gasteiger partial charge in [-0.2, -0.15) is 0 Å². The molecule has 3 heterocycles. The van der Waals surface area contributed by atoms with E-state index >= 15 is 0 Å². The fourth-order valence-corrected chi connectivity index (χ4v) is 4.74. The number of hydrogen-bond donors (Lipinski definition) is 1. The Morgan fingerprint density at radius 3 is 2.44 bits per heavy atom. The number of H-pyrrole nitrogens is 1. The predicted octanol–water partition coefficient (Wildman–Crippen LogP) is 3.12. The average molecular weight is 433 g/mol. The molecule has 7 nitrogen and oxygen atoms in total. The summed E-state index contributed by atoms with van der Waals surface area (Å²) in [5.41, 5.74) is 2.92. The van der Waals surface area contributed by atoms with Crippen LogP contribution in [-0.4, -0.2) is 63.2 Å². The highest BCUT2D eigenvalue weighted by molar-refractivity contribution is 5.97. The van der Waals surface area contributed by atoms with Gasteiger partial charge in [-0.3, -0.25) is 14.7 Å². The highest BCUT2D eigenvalue weighted by atomic mass is 19.1. The first-order chi connectivity index (χ1) is 15.6. The van der Waals surface area contributed by atoms with Crippen molar-refractivity contribution in [2.24, 2.45) is 11.8 Å². The number of benzene rings is 2. The Morgan fingerprint density at radius 2 is 1.72 bits per heavy atom. The van der Waals surface area contributed by atoms with Crippen molar-refractivity contribution >= 4 is 28.9 Å². The third-order valence-electron chi connectivity index (χ3n) is 6.58. The molecule has 0 aliphatic carbocycles. The molecule has 0 radical (unpaired) electrons. The molecule has 2 saturated heterocycles. The van der Waals surface area contributed by atoms with E-state index in [0.717, 1.165) is 23.9 Å². The molecule has 5 rings (SSSR count). The maximum absolute atomic E-state index is 13.0. The maximum atomic E-state index is 13.0. The van der Waals surface area contributed by atoms with Crippen LogP contribution in [0.3, 0.4) is 0 Å². The second kappa shape index (κ2) is 8.53. The van der Waals surface area contributed by atoms with E-state index in [2.05, 4.69) is 15.4 Å². The zero-order valence-corrected chi connectivity index (χ0v) is 17.6. The number of likely N-dealkylation sites (tertiary alicyclic amines) is 2. The number of aromatic nitrogens is 3. The lowest BCUT2D eigenvalue weighted by Gasteiger charge is -2.21. The van der Waals surface area contributed by atoms with E-state index in [9.17, 15) is 14.0 Å². The van der Waals surface area contributed by atoms with Gasteiger partial charge in [0.05, 0.1) is 5.52 Å². The van der Waals surface area contributed by atoms with Crippen molar-refractivity contribution in [2.45, 2.75) is 12.8 Å². The van der Waals surface area contributed by atoms with Crippen LogP contribution in [-0.2, 0) is 4.79 Å². The van der Waals surface area contributed by atoms with Gasteiger partial charge in [-0.15, -0.1) is 5.10 Å². The van der Waals surface area contributed by atoms with Gasteiger partial charge in [-0.1, -0.05) is 17.3 Å². The lowest BCUT2D eigenvalue weighted by atomic mass is 9.92. The number of amides is 2. The van der Waals surface area contributed by atoms with Crippen LogP contribution < -0.4 is 0 Å². The molecule has 32 heavy (non-hydrogen) atoms. The molecule has 3 aromatic rings. The summed E-state index contributed by atoms with van der Waals surface area (Å²) in [6, 6.07) is 11.5. The fourth-order valence-electron chi connectivity index (χ4n) is 4.74. The first-order valence-corrected chi connectivity index (χ1v) is 10.9. The second-order valence-corrected chi connectivity index (χ2v) is 8.56. The third-order valence-corrected chi connectivity index (χ3v) is 6.58. The van der Waals surface area contributed by atoms with E-state index in [1.807, 2.05) is 21.9 Å². The molecule has 2 amide bonds. The molecule has 0 unspecified atom stereocenters. The van der Waals surface area contributed by atoms with Crippen LogP contribution in [0.5, 0.6) is 0 Å². The summed E-state index contributed by atoms with van der Waals surface area (Å²) in [6.45, 7) is 2.79. The Hall–Kier alpha value is -3.55. The van der Waals surface area contributed by atoms with Crippen molar-refractivity contribution in [1.29, 1.82) is 0 Å². The lowest BCUT2D eigenvalue weighted by molar-refractivity contribution is -0.126. The van der Waals surface area contributed by atoms with Gasteiger partial charge in [-0.05, 0) is 66.6 Å². The Balaban J connectivity index is 1.19. The van der Waals surface area contributed by atoms with Crippen molar-refractivity contribution in [1.82, 2.24) is 25.2 Å². The first kappa shape index (κ1) is 20.4. The molecule has 2 aliphatic heterocycles. The van der Waals surface area contributed by atoms with E-state index in [0.29, 0.717) is 49.1 Å². The summed E-state index contributed by atoms with van der Waals surface area (Å²) >= 11 is 0. The van der Waals surface area contributed by atoms with Gasteiger partial charge in [0.15, 0.2) is 0 Å². The number of nitrogens with zero attached hydrogens (tertiary/aromatic N) is 4. The largest absolute Gasteiger partial charge is 0.339 e. The maximum Gasteiger partial charge on any atom is 0.253 e. The molecule has 2 aromatic carbocycles. The molecule has 0 saturated carbocycles. The van der Waals surface area contributed by atoms with E-state index in [1.54, 1.807) is 30.4 Å². The van der Waals surface area contributed by atoms with E-state index in [4.69, 9.17) is 0 Å². The zero-order chi connectivity index (χ0) is 22.1. The second-order valence-electron chi connectivity index (χ2n) is 8.56. The monoisotopic (exact) mass is 433 g/mol. The number of fused-ring (bicyclic) bond motifs is 2. The van der Waals surface area contributed by atoms with Crippen LogP contribution in [0.1, 0.15) is 28.8 Å². The molecule has 0 bridgehead atoms. The van der Waals surface area contributed by atoms with Gasteiger partial charge < -0.3 is 9.80 Å². The van der Waals surface area contributed by atoms with Crippen LogP contribution in [0.25, 0.3) is 17.1 Å². The van der Waals surface area contributed by atoms with Crippen molar-refractivity contribution in [2.75, 3.05) is 26.2 Å². The molecule has 164 valence electrons. The topological polar surface area (TPSA) is 82.2 Å². The molecule has 2 atom stereocenters. The van der Waals surface area contributed by atoms with Gasteiger partial charge in [0.25, 0.3) is 5.91 Å². The van der Waals surface area contributed by atoms with Crippen LogP contribution in [0, 0.1) is 17.7 Å². The van der Waals surface area contributed by atoms with Crippen molar-refractivity contribution in [3.63, 3.8) is 0 Å². The lowest BCUT2D eigenvalue weighted by Crippen LogP contribution is -2.33. The Kier molecular flexibility index (Phi) is 5.43. The summed E-state index contributed by atoms with van der Waals surface area (Å²) < 4.78 is 13.0. The minimum atomic E-state index is -0.293. The number of hydrogen-bond acceptors (Lipinski definition) is 4. The van der Waals surface area contributed by atoms with Crippen molar-refractivity contribution in [3.8, 4) is 0 Å². The number of halogens is 1. The smallest absolute Gasteiger partial charge is 0.253 e. The summed E-state index contributed by atoms with van der Waals surface area (Å²) in [5.74, 6) is 0.502. The summed E-state index contributed by atoms with van der Waals surface area (Å²) in [5, 5.41) is 10.6. The summed E-state index contributed by atoms with van der Waals surface area (Å²) in [6.07, 6.45) is 5.05. The van der Waals surface area contributed by atoms with Crippen LogP contribution in [0.15, 0.2) is 48.5 Å². The van der Waals surface area contributed by atoms with Gasteiger partial charge in [0.1, 0.15) is 11.3 Å². The van der Waals surface area contributed by atoms with E-state index < -0.39 is 0 Å². The Labute approximate surface area is 184 Å². The molecule has 8 heteroatoms. The first-order valence-electron chi connectivity index (χ1n) is 10.9. The summed E-state index contributed by atoms with van der Waals surface area (Å²) in [7, 11) is 0. The normalized spacial score (nSPS) is 21.2. The van der Waals surface area contributed by atoms with Gasteiger partial charge in [-0.25, -0.2) is 4.39 Å². The summed E-state index contributed by atoms with van der Waals surface area (Å²) in [4.78, 5) is 29.5. The van der Waals surface area contributed by atoms with E-state index in [-0.39, 0.29) is 17.6 Å². The SMILES string of the molecule is O=C(/C=C/c1ccc(F)cc1)N1CC[C@@H]2CN(C(=O)c3ccc4[nH]nnc4c3)C[C@@H]2CC1. The van der Waals surface area contributed by atoms with Crippen molar-refractivity contribution < 1.29 is 14.0 Å². The minimum absolute atomic E-state index is 0.0249. The number of rotatable bonds is 3. The highest BCUT2D eigenvalue weighted by Crippen LogP contribution is 2.33. The van der Waals surface area contributed by atoms with Crippen LogP contribution >= 0.6 is 0 Å². The van der Waals surface area contributed by atoms with Gasteiger partial charge in [0.2, 0.25) is 5.91 Å². The van der Waals surface area contributed by atoms with Gasteiger partial charge in [0, 0.05) is 37.8 Å². The van der Waals surface area contributed by atoms with Crippen LogP contribution in [0.4, 0.5) is 4.39 Å². The number of aromatic amines is 1. The molecule has 0 spiro atoms. The molecular formula is C24H24FN5O2. The molecule has 2 aliphatic rings. The quantitative estimate of drug-likeness (QED) is 0.644. The minimum Gasteiger partial charge on any atom is -0.339 e. The van der Waals surface area contributed by atoms with Crippen LogP contribution in [0.2, 0.25) is 0 Å². The third kappa shape index (κ3) is 4.12. The van der Waals surface area contributed by atoms with Crippen molar-refractivity contribution in [3.05, 3.63) is 65.5 Å². The number of carbonyl (C=O) groups is 2.